The maximum Gasteiger partial charge on any atom is 0.152 e. The number of hydrogen-bond donors (Lipinski definition) is 0. The third-order valence-electron chi connectivity index (χ3n) is 3.50. The van der Waals surface area contributed by atoms with Gasteiger partial charge in [-0.25, -0.2) is 4.39 Å². The molecule has 2 atom stereocenters. The minimum atomic E-state index is -0.323. The molecule has 0 radical (unpaired) electrons. The van der Waals surface area contributed by atoms with Gasteiger partial charge in [-0.1, -0.05) is 6.07 Å². The zero-order chi connectivity index (χ0) is 11.8. The SMILES string of the molecule is O=Cc1cccc(F)c1N1CC2CCC(C1)O2. The summed E-state index contributed by atoms with van der Waals surface area (Å²) in [6.07, 6.45) is 3.16. The largest absolute Gasteiger partial charge is 0.371 e. The number of carbonyl (C=O) groups excluding carboxylic acids is 1. The van der Waals surface area contributed by atoms with Crippen molar-refractivity contribution in [2.45, 2.75) is 25.0 Å². The first-order chi connectivity index (χ1) is 8.28. The van der Waals surface area contributed by atoms with E-state index >= 15 is 0 Å². The molecule has 3 nitrogen and oxygen atoms in total. The number of morpholine rings is 1. The van der Waals surface area contributed by atoms with E-state index in [0.29, 0.717) is 24.3 Å². The van der Waals surface area contributed by atoms with Gasteiger partial charge in [-0.15, -0.1) is 0 Å². The molecule has 2 aliphatic rings. The van der Waals surface area contributed by atoms with Crippen LogP contribution in [0, 0.1) is 5.82 Å². The highest BCUT2D eigenvalue weighted by atomic mass is 19.1. The minimum absolute atomic E-state index is 0.188. The summed E-state index contributed by atoms with van der Waals surface area (Å²) in [6.45, 7) is 1.36. The van der Waals surface area contributed by atoms with Crippen LogP contribution in [0.3, 0.4) is 0 Å². The first-order valence-corrected chi connectivity index (χ1v) is 5.92. The molecule has 17 heavy (non-hydrogen) atoms. The highest BCUT2D eigenvalue weighted by Gasteiger charge is 2.35. The fourth-order valence-corrected chi connectivity index (χ4v) is 2.76. The summed E-state index contributed by atoms with van der Waals surface area (Å²) in [5.74, 6) is -0.323. The predicted octanol–water partition coefficient (Wildman–Crippen LogP) is 2.01. The quantitative estimate of drug-likeness (QED) is 0.734. The summed E-state index contributed by atoms with van der Waals surface area (Å²) in [5.41, 5.74) is 0.856. The fourth-order valence-electron chi connectivity index (χ4n) is 2.76. The van der Waals surface area contributed by atoms with Crippen molar-refractivity contribution in [1.29, 1.82) is 0 Å². The van der Waals surface area contributed by atoms with Crippen molar-refractivity contribution in [3.63, 3.8) is 0 Å². The first kappa shape index (κ1) is 10.7. The van der Waals surface area contributed by atoms with Crippen LogP contribution >= 0.6 is 0 Å². The molecule has 0 spiro atoms. The third-order valence-corrected chi connectivity index (χ3v) is 3.50. The number of fused-ring (bicyclic) bond motifs is 2. The van der Waals surface area contributed by atoms with Gasteiger partial charge in [0.2, 0.25) is 0 Å². The van der Waals surface area contributed by atoms with Gasteiger partial charge in [-0.3, -0.25) is 4.79 Å². The van der Waals surface area contributed by atoms with Gasteiger partial charge in [0.25, 0.3) is 0 Å². The number of halogens is 1. The van der Waals surface area contributed by atoms with E-state index < -0.39 is 0 Å². The molecule has 0 aliphatic carbocycles. The van der Waals surface area contributed by atoms with E-state index in [0.717, 1.165) is 19.1 Å². The van der Waals surface area contributed by atoms with E-state index in [1.807, 2.05) is 4.90 Å². The number of para-hydroxylation sites is 1. The highest BCUT2D eigenvalue weighted by Crippen LogP contribution is 2.32. The Morgan fingerprint density at radius 1 is 1.29 bits per heavy atom. The predicted molar refractivity (Wildman–Crippen MR) is 61.9 cm³/mol. The maximum atomic E-state index is 13.9. The van der Waals surface area contributed by atoms with E-state index in [4.69, 9.17) is 4.74 Å². The number of benzene rings is 1. The Morgan fingerprint density at radius 3 is 2.65 bits per heavy atom. The molecule has 2 aliphatic heterocycles. The second-order valence-corrected chi connectivity index (χ2v) is 4.66. The monoisotopic (exact) mass is 235 g/mol. The first-order valence-electron chi connectivity index (χ1n) is 5.92. The van der Waals surface area contributed by atoms with Gasteiger partial charge in [0, 0.05) is 18.7 Å². The molecule has 2 fully saturated rings. The molecule has 0 amide bonds. The van der Waals surface area contributed by atoms with Crippen LogP contribution < -0.4 is 4.90 Å². The highest BCUT2D eigenvalue weighted by molar-refractivity contribution is 5.84. The van der Waals surface area contributed by atoms with E-state index in [2.05, 4.69) is 0 Å². The van der Waals surface area contributed by atoms with Crippen molar-refractivity contribution in [2.75, 3.05) is 18.0 Å². The number of aldehydes is 1. The zero-order valence-corrected chi connectivity index (χ0v) is 9.43. The lowest BCUT2D eigenvalue weighted by Crippen LogP contribution is -2.43. The van der Waals surface area contributed by atoms with Crippen LogP contribution in [-0.4, -0.2) is 31.6 Å². The molecular formula is C13H14FNO2. The molecule has 4 heteroatoms. The van der Waals surface area contributed by atoms with Gasteiger partial charge in [0.05, 0.1) is 17.9 Å². The Bertz CT molecular complexity index is 437. The van der Waals surface area contributed by atoms with Crippen LogP contribution in [0.4, 0.5) is 10.1 Å². The molecule has 1 aromatic rings. The number of anilines is 1. The fraction of sp³-hybridized carbons (Fsp3) is 0.462. The van der Waals surface area contributed by atoms with Gasteiger partial charge in [0.1, 0.15) is 5.82 Å². The molecular weight excluding hydrogens is 221 g/mol. The number of hydrogen-bond acceptors (Lipinski definition) is 3. The summed E-state index contributed by atoms with van der Waals surface area (Å²) in [6, 6.07) is 4.63. The summed E-state index contributed by atoms with van der Waals surface area (Å²) in [5, 5.41) is 0. The number of carbonyl (C=O) groups is 1. The molecule has 2 saturated heterocycles. The lowest BCUT2D eigenvalue weighted by atomic mass is 10.1. The lowest BCUT2D eigenvalue weighted by Gasteiger charge is -2.34. The Labute approximate surface area is 99.2 Å². The van der Waals surface area contributed by atoms with Gasteiger partial charge in [-0.2, -0.15) is 0 Å². The summed E-state index contributed by atoms with van der Waals surface area (Å²) >= 11 is 0. The number of ether oxygens (including phenoxy) is 1. The zero-order valence-electron chi connectivity index (χ0n) is 9.43. The van der Waals surface area contributed by atoms with E-state index in [1.165, 1.54) is 6.07 Å². The van der Waals surface area contributed by atoms with Crippen LogP contribution in [-0.2, 0) is 4.74 Å². The van der Waals surface area contributed by atoms with Crippen molar-refractivity contribution >= 4 is 12.0 Å². The van der Waals surface area contributed by atoms with Crippen molar-refractivity contribution in [1.82, 2.24) is 0 Å². The topological polar surface area (TPSA) is 29.5 Å². The number of nitrogens with zero attached hydrogens (tertiary/aromatic N) is 1. The van der Waals surface area contributed by atoms with Crippen LogP contribution in [0.5, 0.6) is 0 Å². The smallest absolute Gasteiger partial charge is 0.152 e. The number of rotatable bonds is 2. The summed E-state index contributed by atoms with van der Waals surface area (Å²) in [4.78, 5) is 12.9. The van der Waals surface area contributed by atoms with Crippen LogP contribution in [0.2, 0.25) is 0 Å². The molecule has 1 aromatic carbocycles. The molecule has 0 N–H and O–H groups in total. The normalized spacial score (nSPS) is 27.2. The van der Waals surface area contributed by atoms with Gasteiger partial charge < -0.3 is 9.64 Å². The Morgan fingerprint density at radius 2 is 2.00 bits per heavy atom. The Balaban J connectivity index is 1.96. The second kappa shape index (κ2) is 4.11. The minimum Gasteiger partial charge on any atom is -0.371 e. The lowest BCUT2D eigenvalue weighted by molar-refractivity contribution is 0.0302. The second-order valence-electron chi connectivity index (χ2n) is 4.66. The van der Waals surface area contributed by atoms with Crippen LogP contribution in [0.15, 0.2) is 18.2 Å². The average Bonchev–Trinajstić information content (AvgIpc) is 2.68. The molecule has 0 aromatic heterocycles. The van der Waals surface area contributed by atoms with E-state index in [9.17, 15) is 9.18 Å². The van der Waals surface area contributed by atoms with Gasteiger partial charge >= 0.3 is 0 Å². The standard InChI is InChI=1S/C13H14FNO2/c14-12-3-1-2-9(8-16)13(12)15-6-10-4-5-11(7-15)17-10/h1-3,8,10-11H,4-7H2. The molecule has 0 saturated carbocycles. The summed E-state index contributed by atoms with van der Waals surface area (Å²) < 4.78 is 19.6. The van der Waals surface area contributed by atoms with Crippen LogP contribution in [0.25, 0.3) is 0 Å². The van der Waals surface area contributed by atoms with Crippen molar-refractivity contribution in [3.05, 3.63) is 29.6 Å². The molecule has 90 valence electrons. The van der Waals surface area contributed by atoms with Crippen LogP contribution in [0.1, 0.15) is 23.2 Å². The van der Waals surface area contributed by atoms with E-state index in [1.54, 1.807) is 12.1 Å². The molecule has 2 bridgehead atoms. The summed E-state index contributed by atoms with van der Waals surface area (Å²) in [7, 11) is 0. The average molecular weight is 235 g/mol. The van der Waals surface area contributed by atoms with Crippen molar-refractivity contribution < 1.29 is 13.9 Å². The van der Waals surface area contributed by atoms with Crippen molar-refractivity contribution in [3.8, 4) is 0 Å². The molecule has 3 rings (SSSR count). The molecule has 2 unspecified atom stereocenters. The van der Waals surface area contributed by atoms with Crippen molar-refractivity contribution in [2.24, 2.45) is 0 Å². The maximum absolute atomic E-state index is 13.9. The van der Waals surface area contributed by atoms with E-state index in [-0.39, 0.29) is 18.0 Å². The molecule has 2 heterocycles. The Kier molecular flexibility index (Phi) is 2.59. The van der Waals surface area contributed by atoms with Gasteiger partial charge in [-0.05, 0) is 25.0 Å². The third kappa shape index (κ3) is 1.82. The van der Waals surface area contributed by atoms with Gasteiger partial charge in [0.15, 0.2) is 6.29 Å². The Hall–Kier alpha value is -1.42.